The molecule has 0 saturated carbocycles. The Labute approximate surface area is 106 Å². The summed E-state index contributed by atoms with van der Waals surface area (Å²) in [5.74, 6) is 2.89. The van der Waals surface area contributed by atoms with Crippen LogP contribution in [0.3, 0.4) is 0 Å². The van der Waals surface area contributed by atoms with Crippen molar-refractivity contribution in [3.8, 4) is 0 Å². The Kier molecular flexibility index (Phi) is 5.68. The Bertz CT molecular complexity index is 374. The molecule has 17 heavy (non-hydrogen) atoms. The Morgan fingerprint density at radius 3 is 2.82 bits per heavy atom. The topological polar surface area (TPSA) is 46.9 Å². The van der Waals surface area contributed by atoms with Crippen LogP contribution in [0.5, 0.6) is 0 Å². The average molecular weight is 257 g/mol. The van der Waals surface area contributed by atoms with E-state index in [4.69, 9.17) is 0 Å². The number of nitrogens with zero attached hydrogens (tertiary/aromatic N) is 2. The molecule has 1 atom stereocenters. The number of imidazole rings is 1. The highest BCUT2D eigenvalue weighted by Gasteiger charge is 2.06. The first-order chi connectivity index (χ1) is 8.02. The summed E-state index contributed by atoms with van der Waals surface area (Å²) in [4.78, 5) is 4.44. The van der Waals surface area contributed by atoms with Crippen LogP contribution in [-0.2, 0) is 17.3 Å². The molecule has 0 aliphatic heterocycles. The summed E-state index contributed by atoms with van der Waals surface area (Å²) in [6.45, 7) is 9.98. The minimum atomic E-state index is -0.711. The zero-order valence-electron chi connectivity index (χ0n) is 11.2. The van der Waals surface area contributed by atoms with Gasteiger partial charge < -0.3 is 9.88 Å². The number of rotatable bonds is 7. The number of hydrogen-bond donors (Lipinski definition) is 1. The predicted molar refractivity (Wildman–Crippen MR) is 73.8 cm³/mol. The normalized spacial score (nSPS) is 13.0. The number of nitrogens with one attached hydrogen (secondary N) is 1. The van der Waals surface area contributed by atoms with Gasteiger partial charge in [0.2, 0.25) is 5.95 Å². The lowest BCUT2D eigenvalue weighted by Crippen LogP contribution is -2.16. The molecule has 1 aromatic heterocycles. The highest BCUT2D eigenvalue weighted by atomic mass is 32.2. The lowest BCUT2D eigenvalue weighted by atomic mass is 10.2. The summed E-state index contributed by atoms with van der Waals surface area (Å²) >= 11 is 0. The van der Waals surface area contributed by atoms with Crippen LogP contribution in [0.25, 0.3) is 0 Å². The van der Waals surface area contributed by atoms with Gasteiger partial charge in [-0.3, -0.25) is 4.21 Å². The van der Waals surface area contributed by atoms with Crippen LogP contribution in [0.2, 0.25) is 0 Å². The van der Waals surface area contributed by atoms with Crippen LogP contribution in [0.4, 0.5) is 5.95 Å². The number of aromatic nitrogens is 2. The molecule has 1 aromatic rings. The Morgan fingerprint density at radius 1 is 1.53 bits per heavy atom. The van der Waals surface area contributed by atoms with Crippen LogP contribution in [-0.4, -0.2) is 31.8 Å². The molecule has 4 nitrogen and oxygen atoms in total. The van der Waals surface area contributed by atoms with Gasteiger partial charge in [-0.25, -0.2) is 4.98 Å². The van der Waals surface area contributed by atoms with Crippen molar-refractivity contribution < 1.29 is 4.21 Å². The molecule has 1 rings (SSSR count). The summed E-state index contributed by atoms with van der Waals surface area (Å²) in [6, 6.07) is 0. The van der Waals surface area contributed by atoms with E-state index < -0.39 is 10.8 Å². The quantitative estimate of drug-likeness (QED) is 0.813. The highest BCUT2D eigenvalue weighted by molar-refractivity contribution is 7.84. The Balaban J connectivity index is 2.54. The van der Waals surface area contributed by atoms with Crippen LogP contribution in [0.15, 0.2) is 6.20 Å². The van der Waals surface area contributed by atoms with Crippen LogP contribution >= 0.6 is 0 Å². The highest BCUT2D eigenvalue weighted by Crippen LogP contribution is 2.11. The zero-order chi connectivity index (χ0) is 12.8. The van der Waals surface area contributed by atoms with Gasteiger partial charge in [0.15, 0.2) is 0 Å². The van der Waals surface area contributed by atoms with Crippen molar-refractivity contribution in [3.05, 3.63) is 11.9 Å². The van der Waals surface area contributed by atoms with Crippen molar-refractivity contribution in [2.24, 2.45) is 5.92 Å². The zero-order valence-corrected chi connectivity index (χ0v) is 12.0. The van der Waals surface area contributed by atoms with Gasteiger partial charge >= 0.3 is 0 Å². The number of anilines is 1. The first kappa shape index (κ1) is 14.2. The molecule has 0 spiro atoms. The van der Waals surface area contributed by atoms with E-state index >= 15 is 0 Å². The molecule has 0 aliphatic carbocycles. The smallest absolute Gasteiger partial charge is 0.203 e. The maximum Gasteiger partial charge on any atom is 0.203 e. The van der Waals surface area contributed by atoms with Crippen molar-refractivity contribution in [2.75, 3.05) is 23.4 Å². The number of aryl methyl sites for hydroxylation is 1. The molecule has 1 N–H and O–H groups in total. The minimum Gasteiger partial charge on any atom is -0.355 e. The van der Waals surface area contributed by atoms with Crippen molar-refractivity contribution in [1.29, 1.82) is 0 Å². The minimum absolute atomic E-state index is 0.592. The van der Waals surface area contributed by atoms with E-state index in [0.29, 0.717) is 11.7 Å². The largest absolute Gasteiger partial charge is 0.355 e. The fraction of sp³-hybridized carbons (Fsp3) is 0.750. The van der Waals surface area contributed by atoms with E-state index in [2.05, 4.69) is 34.9 Å². The van der Waals surface area contributed by atoms with Crippen LogP contribution in [0.1, 0.15) is 26.5 Å². The molecule has 5 heteroatoms. The molecular weight excluding hydrogens is 234 g/mol. The lowest BCUT2D eigenvalue weighted by molar-refractivity contribution is 0.526. The van der Waals surface area contributed by atoms with Crippen molar-refractivity contribution in [3.63, 3.8) is 0 Å². The third-order valence-electron chi connectivity index (χ3n) is 2.39. The van der Waals surface area contributed by atoms with Crippen molar-refractivity contribution >= 4 is 16.7 Å². The van der Waals surface area contributed by atoms with E-state index in [1.165, 1.54) is 0 Å². The fourth-order valence-corrected chi connectivity index (χ4v) is 2.26. The molecule has 0 saturated heterocycles. The summed E-state index contributed by atoms with van der Waals surface area (Å²) in [7, 11) is -0.711. The lowest BCUT2D eigenvalue weighted by Gasteiger charge is -2.11. The standard InChI is InChI=1S/C12H23N3OS/c1-5-17(16)7-6-13-12-14-11(4)9-15(12)8-10(2)3/h9-10H,5-8H2,1-4H3,(H,13,14). The maximum absolute atomic E-state index is 11.3. The van der Waals surface area contributed by atoms with Gasteiger partial charge in [0.25, 0.3) is 0 Å². The Hall–Kier alpha value is -0.840. The van der Waals surface area contributed by atoms with E-state index in [1.54, 1.807) is 0 Å². The van der Waals surface area contributed by atoms with Crippen molar-refractivity contribution in [2.45, 2.75) is 34.2 Å². The Morgan fingerprint density at radius 2 is 2.24 bits per heavy atom. The molecule has 1 heterocycles. The van der Waals surface area contributed by atoms with E-state index in [0.717, 1.165) is 30.5 Å². The molecule has 1 unspecified atom stereocenters. The third-order valence-corrected chi connectivity index (χ3v) is 3.70. The molecule has 0 fully saturated rings. The molecule has 0 aliphatic rings. The third kappa shape index (κ3) is 4.89. The molecule has 0 bridgehead atoms. The van der Waals surface area contributed by atoms with Gasteiger partial charge in [-0.2, -0.15) is 0 Å². The molecule has 0 radical (unpaired) electrons. The van der Waals surface area contributed by atoms with Crippen LogP contribution in [0, 0.1) is 12.8 Å². The van der Waals surface area contributed by atoms with Gasteiger partial charge in [-0.05, 0) is 12.8 Å². The van der Waals surface area contributed by atoms with E-state index in [1.807, 2.05) is 13.8 Å². The summed E-state index contributed by atoms with van der Waals surface area (Å²) in [5.41, 5.74) is 1.02. The summed E-state index contributed by atoms with van der Waals surface area (Å²) in [6.07, 6.45) is 2.05. The molecule has 98 valence electrons. The first-order valence-electron chi connectivity index (χ1n) is 6.15. The monoisotopic (exact) mass is 257 g/mol. The SMILES string of the molecule is CCS(=O)CCNc1nc(C)cn1CC(C)C. The molecule has 0 aromatic carbocycles. The maximum atomic E-state index is 11.3. The summed E-state index contributed by atoms with van der Waals surface area (Å²) < 4.78 is 13.4. The van der Waals surface area contributed by atoms with Gasteiger partial charge in [0.1, 0.15) is 0 Å². The van der Waals surface area contributed by atoms with Gasteiger partial charge in [0, 0.05) is 41.6 Å². The predicted octanol–water partition coefficient (Wildman–Crippen LogP) is 2.03. The number of hydrogen-bond acceptors (Lipinski definition) is 3. The summed E-state index contributed by atoms with van der Waals surface area (Å²) in [5, 5.41) is 3.26. The van der Waals surface area contributed by atoms with Crippen LogP contribution < -0.4 is 5.32 Å². The first-order valence-corrected chi connectivity index (χ1v) is 7.64. The van der Waals surface area contributed by atoms with Gasteiger partial charge in [0.05, 0.1) is 5.69 Å². The molecule has 0 amide bonds. The second-order valence-corrected chi connectivity index (χ2v) is 6.48. The second kappa shape index (κ2) is 6.79. The van der Waals surface area contributed by atoms with Gasteiger partial charge in [-0.15, -0.1) is 0 Å². The van der Waals surface area contributed by atoms with E-state index in [-0.39, 0.29) is 0 Å². The second-order valence-electron chi connectivity index (χ2n) is 4.61. The van der Waals surface area contributed by atoms with Crippen molar-refractivity contribution in [1.82, 2.24) is 9.55 Å². The fourth-order valence-electron chi connectivity index (χ4n) is 1.64. The van der Waals surface area contributed by atoms with E-state index in [9.17, 15) is 4.21 Å². The van der Waals surface area contributed by atoms with Gasteiger partial charge in [-0.1, -0.05) is 20.8 Å². The average Bonchev–Trinajstić information content (AvgIpc) is 2.58. The molecular formula is C12H23N3OS.